The summed E-state index contributed by atoms with van der Waals surface area (Å²) in [5.41, 5.74) is 3.68. The Morgan fingerprint density at radius 2 is 1.91 bits per heavy atom. The summed E-state index contributed by atoms with van der Waals surface area (Å²) in [5, 5.41) is 12.3. The topological polar surface area (TPSA) is 89.8 Å². The van der Waals surface area contributed by atoms with Crippen molar-refractivity contribution in [3.8, 4) is 29.1 Å². The van der Waals surface area contributed by atoms with Crippen molar-refractivity contribution in [3.05, 3.63) is 88.5 Å². The van der Waals surface area contributed by atoms with Gasteiger partial charge in [0.1, 0.15) is 18.2 Å². The average Bonchev–Trinajstić information content (AvgIpc) is 3.33. The number of benzene rings is 3. The van der Waals surface area contributed by atoms with Crippen molar-refractivity contribution in [3.63, 3.8) is 0 Å². The molecular formula is C27H24N2O5. The molecule has 1 aliphatic rings. The zero-order chi connectivity index (χ0) is 23.9. The molecule has 0 spiro atoms. The first kappa shape index (κ1) is 22.7. The van der Waals surface area contributed by atoms with Gasteiger partial charge in [-0.05, 0) is 54.0 Å². The fourth-order valence-corrected chi connectivity index (χ4v) is 3.50. The molecule has 0 aliphatic carbocycles. The molecule has 0 bridgehead atoms. The zero-order valence-corrected chi connectivity index (χ0v) is 19.0. The molecule has 7 heteroatoms. The maximum Gasteiger partial charge on any atom is 0.262 e. The van der Waals surface area contributed by atoms with Gasteiger partial charge in [0.15, 0.2) is 23.0 Å². The van der Waals surface area contributed by atoms with E-state index in [-0.39, 0.29) is 18.9 Å². The van der Waals surface area contributed by atoms with Crippen molar-refractivity contribution >= 4 is 12.0 Å². The van der Waals surface area contributed by atoms with Gasteiger partial charge in [0.25, 0.3) is 5.91 Å². The van der Waals surface area contributed by atoms with Crippen LogP contribution in [-0.2, 0) is 17.9 Å². The molecule has 4 rings (SSSR count). The SMILES string of the molecule is COc1cc(/C=C(\C#N)C(=O)NCc2ccc3c(c2)OCO3)ccc1OCc1cccc(C)c1. The highest BCUT2D eigenvalue weighted by Crippen LogP contribution is 2.32. The van der Waals surface area contributed by atoms with E-state index in [0.29, 0.717) is 35.2 Å². The Morgan fingerprint density at radius 3 is 2.71 bits per heavy atom. The van der Waals surface area contributed by atoms with Crippen LogP contribution in [-0.4, -0.2) is 19.8 Å². The number of carbonyl (C=O) groups excluding carboxylic acids is 1. The highest BCUT2D eigenvalue weighted by molar-refractivity contribution is 6.01. The van der Waals surface area contributed by atoms with Crippen LogP contribution in [0.1, 0.15) is 22.3 Å². The number of aryl methyl sites for hydroxylation is 1. The number of nitrogens with one attached hydrogen (secondary N) is 1. The van der Waals surface area contributed by atoms with E-state index in [2.05, 4.69) is 11.4 Å². The van der Waals surface area contributed by atoms with Gasteiger partial charge in [-0.2, -0.15) is 5.26 Å². The van der Waals surface area contributed by atoms with E-state index in [4.69, 9.17) is 18.9 Å². The standard InChI is InChI=1S/C27H24N2O5/c1-18-4-3-5-21(10-18)16-32-23-8-6-19(12-25(23)31-2)11-22(14-28)27(30)29-15-20-7-9-24-26(13-20)34-17-33-24/h3-13H,15-17H2,1-2H3,(H,29,30)/b22-11+. The Morgan fingerprint density at radius 1 is 1.06 bits per heavy atom. The van der Waals surface area contributed by atoms with Crippen LogP contribution < -0.4 is 24.3 Å². The molecule has 3 aromatic carbocycles. The summed E-state index contributed by atoms with van der Waals surface area (Å²) in [7, 11) is 1.55. The Labute approximate surface area is 198 Å². The molecule has 7 nitrogen and oxygen atoms in total. The molecule has 0 aromatic heterocycles. The molecule has 0 fully saturated rings. The van der Waals surface area contributed by atoms with E-state index in [0.717, 1.165) is 16.7 Å². The highest BCUT2D eigenvalue weighted by Gasteiger charge is 2.15. The number of ether oxygens (including phenoxy) is 4. The number of fused-ring (bicyclic) bond motifs is 1. The number of methoxy groups -OCH3 is 1. The van der Waals surface area contributed by atoms with Crippen LogP contribution in [0.3, 0.4) is 0 Å². The zero-order valence-electron chi connectivity index (χ0n) is 19.0. The first-order chi connectivity index (χ1) is 16.6. The van der Waals surface area contributed by atoms with Crippen LogP contribution in [0.5, 0.6) is 23.0 Å². The van der Waals surface area contributed by atoms with Crippen LogP contribution >= 0.6 is 0 Å². The van der Waals surface area contributed by atoms with Crippen LogP contribution in [0.4, 0.5) is 0 Å². The quantitative estimate of drug-likeness (QED) is 0.396. The van der Waals surface area contributed by atoms with Gasteiger partial charge >= 0.3 is 0 Å². The molecule has 1 heterocycles. The normalized spacial score (nSPS) is 12.1. The number of nitriles is 1. The minimum Gasteiger partial charge on any atom is -0.493 e. The molecule has 3 aromatic rings. The third-order valence-electron chi connectivity index (χ3n) is 5.23. The second kappa shape index (κ2) is 10.5. The van der Waals surface area contributed by atoms with Gasteiger partial charge < -0.3 is 24.3 Å². The molecule has 1 aliphatic heterocycles. The van der Waals surface area contributed by atoms with E-state index >= 15 is 0 Å². The fourth-order valence-electron chi connectivity index (χ4n) is 3.50. The Balaban J connectivity index is 1.42. The van der Waals surface area contributed by atoms with Crippen molar-refractivity contribution < 1.29 is 23.7 Å². The lowest BCUT2D eigenvalue weighted by atomic mass is 10.1. The van der Waals surface area contributed by atoms with Gasteiger partial charge in [-0.1, -0.05) is 42.0 Å². The molecule has 1 N–H and O–H groups in total. The largest absolute Gasteiger partial charge is 0.493 e. The van der Waals surface area contributed by atoms with E-state index < -0.39 is 5.91 Å². The summed E-state index contributed by atoms with van der Waals surface area (Å²) in [6.07, 6.45) is 1.52. The number of rotatable bonds is 8. The maximum atomic E-state index is 12.6. The van der Waals surface area contributed by atoms with Crippen molar-refractivity contribution in [2.75, 3.05) is 13.9 Å². The first-order valence-corrected chi connectivity index (χ1v) is 10.7. The van der Waals surface area contributed by atoms with Gasteiger partial charge in [-0.15, -0.1) is 0 Å². The van der Waals surface area contributed by atoms with Gasteiger partial charge in [0, 0.05) is 6.54 Å². The number of hydrogen-bond acceptors (Lipinski definition) is 6. The predicted molar refractivity (Wildman–Crippen MR) is 127 cm³/mol. The summed E-state index contributed by atoms with van der Waals surface area (Å²) in [6.45, 7) is 2.87. The second-order valence-electron chi connectivity index (χ2n) is 7.73. The van der Waals surface area contributed by atoms with Crippen molar-refractivity contribution in [1.29, 1.82) is 5.26 Å². The third-order valence-corrected chi connectivity index (χ3v) is 5.23. The lowest BCUT2D eigenvalue weighted by molar-refractivity contribution is -0.117. The molecule has 172 valence electrons. The van der Waals surface area contributed by atoms with E-state index in [1.165, 1.54) is 6.08 Å². The Kier molecular flexibility index (Phi) is 6.99. The van der Waals surface area contributed by atoms with Crippen LogP contribution in [0.25, 0.3) is 6.08 Å². The van der Waals surface area contributed by atoms with Crippen LogP contribution in [0, 0.1) is 18.3 Å². The molecule has 34 heavy (non-hydrogen) atoms. The van der Waals surface area contributed by atoms with E-state index in [9.17, 15) is 10.1 Å². The van der Waals surface area contributed by atoms with Gasteiger partial charge in [-0.25, -0.2) is 0 Å². The molecule has 0 unspecified atom stereocenters. The van der Waals surface area contributed by atoms with Gasteiger partial charge in [0.05, 0.1) is 7.11 Å². The summed E-state index contributed by atoms with van der Waals surface area (Å²) >= 11 is 0. The summed E-state index contributed by atoms with van der Waals surface area (Å²) in [6, 6.07) is 20.7. The lowest BCUT2D eigenvalue weighted by Gasteiger charge is -2.12. The summed E-state index contributed by atoms with van der Waals surface area (Å²) < 4.78 is 22.0. The molecule has 0 saturated carbocycles. The minimum absolute atomic E-state index is 0.0174. The monoisotopic (exact) mass is 456 g/mol. The maximum absolute atomic E-state index is 12.6. The first-order valence-electron chi connectivity index (χ1n) is 10.7. The van der Waals surface area contributed by atoms with Gasteiger partial charge in [-0.3, -0.25) is 4.79 Å². The predicted octanol–water partition coefficient (Wildman–Crippen LogP) is 4.53. The third kappa shape index (κ3) is 5.48. The molecule has 1 amide bonds. The average molecular weight is 456 g/mol. The molecule has 0 saturated heterocycles. The molecular weight excluding hydrogens is 432 g/mol. The Bertz CT molecular complexity index is 1280. The summed E-state index contributed by atoms with van der Waals surface area (Å²) in [5.74, 6) is 1.93. The van der Waals surface area contributed by atoms with Crippen LogP contribution in [0.15, 0.2) is 66.2 Å². The number of carbonyl (C=O) groups is 1. The number of amides is 1. The molecule has 0 radical (unpaired) electrons. The fraction of sp³-hybridized carbons (Fsp3) is 0.185. The van der Waals surface area contributed by atoms with E-state index in [1.807, 2.05) is 37.3 Å². The summed E-state index contributed by atoms with van der Waals surface area (Å²) in [4.78, 5) is 12.6. The van der Waals surface area contributed by atoms with Crippen molar-refractivity contribution in [1.82, 2.24) is 5.32 Å². The smallest absolute Gasteiger partial charge is 0.262 e. The highest BCUT2D eigenvalue weighted by atomic mass is 16.7. The number of hydrogen-bond donors (Lipinski definition) is 1. The molecule has 0 atom stereocenters. The number of nitrogens with zero attached hydrogens (tertiary/aromatic N) is 1. The second-order valence-corrected chi connectivity index (χ2v) is 7.73. The van der Waals surface area contributed by atoms with E-state index in [1.54, 1.807) is 37.4 Å². The lowest BCUT2D eigenvalue weighted by Crippen LogP contribution is -2.23. The van der Waals surface area contributed by atoms with Gasteiger partial charge in [0.2, 0.25) is 6.79 Å². The Hall–Kier alpha value is -4.44. The minimum atomic E-state index is -0.473. The van der Waals surface area contributed by atoms with Crippen molar-refractivity contribution in [2.45, 2.75) is 20.1 Å². The van der Waals surface area contributed by atoms with Crippen molar-refractivity contribution in [2.24, 2.45) is 0 Å². The van der Waals surface area contributed by atoms with Crippen LogP contribution in [0.2, 0.25) is 0 Å².